The molecule has 0 N–H and O–H groups in total. The minimum Gasteiger partial charge on any atom is -0.466 e. The van der Waals surface area contributed by atoms with Gasteiger partial charge in [-0.05, 0) is 41.3 Å². The van der Waals surface area contributed by atoms with Crippen LogP contribution in [-0.2, 0) is 16.0 Å². The minimum absolute atomic E-state index is 0.221. The monoisotopic (exact) mass is 401 g/mol. The molecule has 0 fully saturated rings. The maximum atomic E-state index is 11.7. The lowest BCUT2D eigenvalue weighted by molar-refractivity contribution is -0.400. The highest BCUT2D eigenvalue weighted by atomic mass is 16.6. The van der Waals surface area contributed by atoms with Crippen LogP contribution >= 0.6 is 0 Å². The first-order valence-corrected chi connectivity index (χ1v) is 9.58. The summed E-state index contributed by atoms with van der Waals surface area (Å²) in [5.74, 6) is -0.525. The molecule has 0 bridgehead atoms. The van der Waals surface area contributed by atoms with Crippen molar-refractivity contribution in [3.63, 3.8) is 0 Å². The van der Waals surface area contributed by atoms with E-state index in [0.717, 1.165) is 22.3 Å². The van der Waals surface area contributed by atoms with Gasteiger partial charge in [0.05, 0.1) is 13.0 Å². The number of ether oxygens (including phenoxy) is 1. The standard InChI is InChI=1S/C24H19NO5/c1-2-29-22(26)14-16-8-10-17(11-9-16)19-12-13-21-20(15-19)23(24(30-21)25(27)28)18-6-4-3-5-7-18/h3-13,15H,2,14H2,1H3. The Bertz CT molecular complexity index is 1210. The van der Waals surface area contributed by atoms with Crippen molar-refractivity contribution < 1.29 is 18.9 Å². The van der Waals surface area contributed by atoms with Gasteiger partial charge in [-0.15, -0.1) is 0 Å². The number of esters is 1. The molecular weight excluding hydrogens is 382 g/mol. The van der Waals surface area contributed by atoms with E-state index in [2.05, 4.69) is 0 Å². The van der Waals surface area contributed by atoms with Gasteiger partial charge < -0.3 is 9.15 Å². The van der Waals surface area contributed by atoms with Crippen LogP contribution in [0.3, 0.4) is 0 Å². The molecule has 0 aliphatic carbocycles. The third-order valence-corrected chi connectivity index (χ3v) is 4.84. The molecule has 0 atom stereocenters. The van der Waals surface area contributed by atoms with E-state index in [9.17, 15) is 14.9 Å². The number of nitrogens with zero attached hydrogens (tertiary/aromatic N) is 1. The van der Waals surface area contributed by atoms with Gasteiger partial charge in [0.15, 0.2) is 0 Å². The number of furan rings is 1. The van der Waals surface area contributed by atoms with E-state index in [0.29, 0.717) is 23.1 Å². The molecule has 0 aliphatic rings. The summed E-state index contributed by atoms with van der Waals surface area (Å²) in [6.45, 7) is 2.14. The van der Waals surface area contributed by atoms with Crippen LogP contribution in [0.2, 0.25) is 0 Å². The summed E-state index contributed by atoms with van der Waals surface area (Å²) in [6.07, 6.45) is 0.221. The van der Waals surface area contributed by atoms with Crippen LogP contribution in [0, 0.1) is 10.1 Å². The van der Waals surface area contributed by atoms with Crippen molar-refractivity contribution in [3.05, 3.63) is 88.5 Å². The Morgan fingerprint density at radius 2 is 1.67 bits per heavy atom. The van der Waals surface area contributed by atoms with Crippen molar-refractivity contribution >= 4 is 22.8 Å². The second-order valence-electron chi connectivity index (χ2n) is 6.80. The summed E-state index contributed by atoms with van der Waals surface area (Å²) in [5, 5.41) is 12.2. The lowest BCUT2D eigenvalue weighted by Crippen LogP contribution is -2.07. The third kappa shape index (κ3) is 3.80. The van der Waals surface area contributed by atoms with E-state index in [1.165, 1.54) is 0 Å². The van der Waals surface area contributed by atoms with Gasteiger partial charge >= 0.3 is 11.9 Å². The summed E-state index contributed by atoms with van der Waals surface area (Å²) in [5.41, 5.74) is 4.36. The fraction of sp³-hybridized carbons (Fsp3) is 0.125. The number of hydrogen-bond donors (Lipinski definition) is 0. The van der Waals surface area contributed by atoms with Crippen LogP contribution in [0.4, 0.5) is 5.88 Å². The van der Waals surface area contributed by atoms with Crippen LogP contribution in [0.25, 0.3) is 33.2 Å². The predicted molar refractivity (Wildman–Crippen MR) is 114 cm³/mol. The lowest BCUT2D eigenvalue weighted by Gasteiger charge is -2.05. The molecule has 6 heteroatoms. The smallest absolute Gasteiger partial charge is 0.442 e. The van der Waals surface area contributed by atoms with Gasteiger partial charge in [-0.2, -0.15) is 0 Å². The number of rotatable bonds is 6. The summed E-state index contributed by atoms with van der Waals surface area (Å²) >= 11 is 0. The number of carbonyl (C=O) groups is 1. The van der Waals surface area contributed by atoms with Crippen molar-refractivity contribution in [2.24, 2.45) is 0 Å². The largest absolute Gasteiger partial charge is 0.466 e. The average molecular weight is 401 g/mol. The Kier molecular flexibility index (Phi) is 5.30. The highest BCUT2D eigenvalue weighted by Crippen LogP contribution is 2.41. The predicted octanol–water partition coefficient (Wildman–Crippen LogP) is 5.78. The molecule has 0 radical (unpaired) electrons. The lowest BCUT2D eigenvalue weighted by atomic mass is 9.98. The van der Waals surface area contributed by atoms with Gasteiger partial charge in [0.2, 0.25) is 0 Å². The van der Waals surface area contributed by atoms with Crippen LogP contribution in [0.15, 0.2) is 77.2 Å². The SMILES string of the molecule is CCOC(=O)Cc1ccc(-c2ccc3oc([N+](=O)[O-])c(-c4ccccc4)c3c2)cc1. The average Bonchev–Trinajstić information content (AvgIpc) is 3.14. The van der Waals surface area contributed by atoms with Crippen molar-refractivity contribution in [2.45, 2.75) is 13.3 Å². The first-order chi connectivity index (χ1) is 14.6. The summed E-state index contributed by atoms with van der Waals surface area (Å²) in [7, 11) is 0. The quantitative estimate of drug-likeness (QED) is 0.232. The molecule has 1 heterocycles. The molecular formula is C24H19NO5. The zero-order chi connectivity index (χ0) is 21.1. The molecule has 4 rings (SSSR count). The van der Waals surface area contributed by atoms with Crippen molar-refractivity contribution in [1.82, 2.24) is 0 Å². The third-order valence-electron chi connectivity index (χ3n) is 4.84. The molecule has 3 aromatic carbocycles. The van der Waals surface area contributed by atoms with Crippen LogP contribution in [-0.4, -0.2) is 17.5 Å². The molecule has 0 saturated carbocycles. The van der Waals surface area contributed by atoms with E-state index < -0.39 is 4.92 Å². The molecule has 0 spiro atoms. The molecule has 0 saturated heterocycles. The number of fused-ring (bicyclic) bond motifs is 1. The minimum atomic E-state index is -0.494. The van der Waals surface area contributed by atoms with Gasteiger partial charge in [-0.3, -0.25) is 14.9 Å². The Morgan fingerprint density at radius 1 is 0.967 bits per heavy atom. The van der Waals surface area contributed by atoms with Crippen molar-refractivity contribution in [3.8, 4) is 22.3 Å². The highest BCUT2D eigenvalue weighted by molar-refractivity contribution is 6.00. The Morgan fingerprint density at radius 3 is 2.33 bits per heavy atom. The Labute approximate surface area is 172 Å². The van der Waals surface area contributed by atoms with Crippen LogP contribution in [0.1, 0.15) is 12.5 Å². The normalized spacial score (nSPS) is 10.8. The van der Waals surface area contributed by atoms with E-state index in [-0.39, 0.29) is 18.3 Å². The molecule has 30 heavy (non-hydrogen) atoms. The maximum absolute atomic E-state index is 11.7. The zero-order valence-corrected chi connectivity index (χ0v) is 16.3. The Hall–Kier alpha value is -3.93. The Balaban J connectivity index is 1.75. The zero-order valence-electron chi connectivity index (χ0n) is 16.3. The molecule has 1 aromatic heterocycles. The van der Waals surface area contributed by atoms with Gasteiger partial charge in [-0.25, -0.2) is 0 Å². The first-order valence-electron chi connectivity index (χ1n) is 9.58. The fourth-order valence-electron chi connectivity index (χ4n) is 3.47. The number of hydrogen-bond acceptors (Lipinski definition) is 5. The molecule has 0 amide bonds. The second-order valence-corrected chi connectivity index (χ2v) is 6.80. The van der Waals surface area contributed by atoms with Gasteiger partial charge in [-0.1, -0.05) is 60.7 Å². The van der Waals surface area contributed by atoms with Crippen LogP contribution < -0.4 is 0 Å². The van der Waals surface area contributed by atoms with Gasteiger partial charge in [0, 0.05) is 5.39 Å². The van der Waals surface area contributed by atoms with Gasteiger partial charge in [0.1, 0.15) is 16.1 Å². The fourth-order valence-corrected chi connectivity index (χ4v) is 3.47. The molecule has 0 aliphatic heterocycles. The van der Waals surface area contributed by atoms with E-state index in [1.807, 2.05) is 66.7 Å². The maximum Gasteiger partial charge on any atom is 0.442 e. The van der Waals surface area contributed by atoms with Gasteiger partial charge in [0.25, 0.3) is 0 Å². The summed E-state index contributed by atoms with van der Waals surface area (Å²) < 4.78 is 10.5. The van der Waals surface area contributed by atoms with Crippen molar-refractivity contribution in [1.29, 1.82) is 0 Å². The summed E-state index contributed by atoms with van der Waals surface area (Å²) in [4.78, 5) is 22.7. The first kappa shape index (κ1) is 19.4. The van der Waals surface area contributed by atoms with E-state index >= 15 is 0 Å². The highest BCUT2D eigenvalue weighted by Gasteiger charge is 2.25. The second kappa shape index (κ2) is 8.21. The molecule has 150 valence electrons. The number of benzene rings is 3. The number of nitro groups is 1. The molecule has 4 aromatic rings. The van der Waals surface area contributed by atoms with Crippen LogP contribution in [0.5, 0.6) is 0 Å². The number of carbonyl (C=O) groups excluding carboxylic acids is 1. The van der Waals surface area contributed by atoms with E-state index in [4.69, 9.17) is 9.15 Å². The topological polar surface area (TPSA) is 82.6 Å². The summed E-state index contributed by atoms with van der Waals surface area (Å²) in [6, 6.07) is 22.3. The van der Waals surface area contributed by atoms with E-state index in [1.54, 1.807) is 13.0 Å². The molecule has 6 nitrogen and oxygen atoms in total. The van der Waals surface area contributed by atoms with Crippen molar-refractivity contribution in [2.75, 3.05) is 6.61 Å². The molecule has 0 unspecified atom stereocenters.